The third kappa shape index (κ3) is 5.31. The van der Waals surface area contributed by atoms with Crippen LogP contribution in [0.15, 0.2) is 18.3 Å². The fraction of sp³-hybridized carbons (Fsp3) is 0.722. The van der Waals surface area contributed by atoms with Gasteiger partial charge in [-0.2, -0.15) is 0 Å². The number of hydrogen-bond donors (Lipinski definition) is 1. The molecular weight excluding hydrogens is 262 g/mol. The predicted octanol–water partition coefficient (Wildman–Crippen LogP) is 4.54. The van der Waals surface area contributed by atoms with E-state index >= 15 is 0 Å². The molecule has 3 atom stereocenters. The normalized spacial score (nSPS) is 16.3. The summed E-state index contributed by atoms with van der Waals surface area (Å²) in [5.41, 5.74) is -0.191. The summed E-state index contributed by atoms with van der Waals surface area (Å²) in [6.07, 6.45) is 5.02. The molecule has 1 rings (SSSR count). The smallest absolute Gasteiger partial charge is 0.219 e. The molecule has 0 saturated carbocycles. The van der Waals surface area contributed by atoms with Crippen molar-refractivity contribution in [1.82, 2.24) is 4.98 Å². The summed E-state index contributed by atoms with van der Waals surface area (Å²) >= 11 is 0. The van der Waals surface area contributed by atoms with E-state index in [4.69, 9.17) is 4.74 Å². The molecule has 0 aromatic carbocycles. The van der Waals surface area contributed by atoms with Crippen molar-refractivity contribution in [2.45, 2.75) is 72.5 Å². The highest BCUT2D eigenvalue weighted by atomic mass is 16.5. The lowest BCUT2D eigenvalue weighted by Gasteiger charge is -2.27. The quantitative estimate of drug-likeness (QED) is 0.765. The Morgan fingerprint density at radius 2 is 1.86 bits per heavy atom. The molecule has 1 aromatic heterocycles. The van der Waals surface area contributed by atoms with Crippen LogP contribution in [-0.2, 0) is 5.60 Å². The lowest BCUT2D eigenvalue weighted by Crippen LogP contribution is -2.25. The van der Waals surface area contributed by atoms with Crippen LogP contribution in [0.25, 0.3) is 0 Å². The summed E-state index contributed by atoms with van der Waals surface area (Å²) in [4.78, 5) is 4.32. The van der Waals surface area contributed by atoms with Gasteiger partial charge in [0, 0.05) is 11.8 Å². The van der Waals surface area contributed by atoms with Crippen molar-refractivity contribution in [2.24, 2.45) is 11.8 Å². The van der Waals surface area contributed by atoms with Crippen molar-refractivity contribution in [3.05, 3.63) is 23.9 Å². The Hall–Kier alpha value is -1.09. The first-order valence-corrected chi connectivity index (χ1v) is 8.14. The number of nitrogens with zero attached hydrogens (tertiary/aromatic N) is 1. The van der Waals surface area contributed by atoms with Crippen LogP contribution in [0.3, 0.4) is 0 Å². The van der Waals surface area contributed by atoms with Crippen LogP contribution in [0.5, 0.6) is 5.88 Å². The van der Waals surface area contributed by atoms with Gasteiger partial charge in [-0.3, -0.25) is 0 Å². The summed E-state index contributed by atoms with van der Waals surface area (Å²) in [5.74, 6) is 1.88. The minimum atomic E-state index is -0.940. The molecular formula is C18H31NO2. The van der Waals surface area contributed by atoms with E-state index < -0.39 is 5.60 Å². The number of ether oxygens (including phenoxy) is 1. The molecule has 3 nitrogen and oxygen atoms in total. The molecule has 1 aromatic rings. The lowest BCUT2D eigenvalue weighted by atomic mass is 9.88. The van der Waals surface area contributed by atoms with Gasteiger partial charge in [0.1, 0.15) is 6.10 Å². The molecule has 0 spiro atoms. The van der Waals surface area contributed by atoms with Crippen molar-refractivity contribution >= 4 is 0 Å². The molecule has 0 radical (unpaired) electrons. The fourth-order valence-electron chi connectivity index (χ4n) is 2.46. The van der Waals surface area contributed by atoms with Gasteiger partial charge in [0.25, 0.3) is 0 Å². The Morgan fingerprint density at radius 1 is 1.19 bits per heavy atom. The Bertz CT molecular complexity index is 425. The zero-order chi connectivity index (χ0) is 16.0. The lowest BCUT2D eigenvalue weighted by molar-refractivity contribution is 0.0681. The zero-order valence-electron chi connectivity index (χ0n) is 14.4. The molecule has 1 N–H and O–H groups in total. The highest BCUT2D eigenvalue weighted by Crippen LogP contribution is 2.30. The maximum Gasteiger partial charge on any atom is 0.219 e. The van der Waals surface area contributed by atoms with Gasteiger partial charge < -0.3 is 9.84 Å². The Kier molecular flexibility index (Phi) is 6.66. The molecule has 0 aliphatic heterocycles. The SMILES string of the molecule is CCC(CC(C)C(C)CC)Oc1ncccc1C(C)(C)O. The number of hydrogen-bond acceptors (Lipinski definition) is 3. The topological polar surface area (TPSA) is 42.4 Å². The summed E-state index contributed by atoms with van der Waals surface area (Å²) in [6, 6.07) is 3.72. The second kappa shape index (κ2) is 7.79. The molecule has 0 aliphatic rings. The standard InChI is InChI=1S/C18H31NO2/c1-7-13(3)14(4)12-15(8-2)21-17-16(18(5,6)20)10-9-11-19-17/h9-11,13-15,20H,7-8,12H2,1-6H3. The Labute approximate surface area is 129 Å². The van der Waals surface area contributed by atoms with Gasteiger partial charge in [-0.05, 0) is 50.7 Å². The highest BCUT2D eigenvalue weighted by Gasteiger charge is 2.24. The zero-order valence-corrected chi connectivity index (χ0v) is 14.4. The monoisotopic (exact) mass is 293 g/mol. The Balaban J connectivity index is 2.83. The molecule has 3 unspecified atom stereocenters. The van der Waals surface area contributed by atoms with Crippen molar-refractivity contribution in [3.63, 3.8) is 0 Å². The van der Waals surface area contributed by atoms with Crippen LogP contribution in [-0.4, -0.2) is 16.2 Å². The van der Waals surface area contributed by atoms with Gasteiger partial charge >= 0.3 is 0 Å². The summed E-state index contributed by atoms with van der Waals surface area (Å²) in [5, 5.41) is 10.2. The van der Waals surface area contributed by atoms with Crippen LogP contribution in [0.4, 0.5) is 0 Å². The molecule has 21 heavy (non-hydrogen) atoms. The van der Waals surface area contributed by atoms with Crippen LogP contribution in [0.2, 0.25) is 0 Å². The van der Waals surface area contributed by atoms with E-state index in [9.17, 15) is 5.11 Å². The molecule has 0 bridgehead atoms. The number of pyridine rings is 1. The summed E-state index contributed by atoms with van der Waals surface area (Å²) < 4.78 is 6.12. The minimum absolute atomic E-state index is 0.144. The van der Waals surface area contributed by atoms with Gasteiger partial charge in [-0.15, -0.1) is 0 Å². The molecule has 0 amide bonds. The number of aliphatic hydroxyl groups is 1. The maximum atomic E-state index is 10.2. The van der Waals surface area contributed by atoms with Gasteiger partial charge in [0.05, 0.1) is 5.60 Å². The predicted molar refractivity (Wildman–Crippen MR) is 87.4 cm³/mol. The van der Waals surface area contributed by atoms with Crippen molar-refractivity contribution in [1.29, 1.82) is 0 Å². The first kappa shape index (κ1) is 18.0. The number of aromatic nitrogens is 1. The van der Waals surface area contributed by atoms with Crippen molar-refractivity contribution in [3.8, 4) is 5.88 Å². The van der Waals surface area contributed by atoms with Crippen LogP contribution < -0.4 is 4.74 Å². The minimum Gasteiger partial charge on any atom is -0.474 e. The van der Waals surface area contributed by atoms with Gasteiger partial charge in [-0.25, -0.2) is 4.98 Å². The molecule has 3 heteroatoms. The Morgan fingerprint density at radius 3 is 2.38 bits per heavy atom. The molecule has 0 fully saturated rings. The van der Waals surface area contributed by atoms with Crippen LogP contribution in [0, 0.1) is 11.8 Å². The van der Waals surface area contributed by atoms with Crippen molar-refractivity contribution in [2.75, 3.05) is 0 Å². The molecule has 1 heterocycles. The van der Waals surface area contributed by atoms with E-state index in [1.165, 1.54) is 6.42 Å². The second-order valence-electron chi connectivity index (χ2n) is 6.66. The van der Waals surface area contributed by atoms with E-state index in [-0.39, 0.29) is 6.10 Å². The molecule has 120 valence electrons. The highest BCUT2D eigenvalue weighted by molar-refractivity contribution is 5.30. The molecule has 0 aliphatic carbocycles. The third-order valence-corrected chi connectivity index (χ3v) is 4.41. The van der Waals surface area contributed by atoms with E-state index in [1.54, 1.807) is 20.0 Å². The summed E-state index contributed by atoms with van der Waals surface area (Å²) in [6.45, 7) is 12.5. The van der Waals surface area contributed by atoms with Crippen molar-refractivity contribution < 1.29 is 9.84 Å². The third-order valence-electron chi connectivity index (χ3n) is 4.41. The van der Waals surface area contributed by atoms with Gasteiger partial charge in [-0.1, -0.05) is 34.1 Å². The number of rotatable bonds is 8. The van der Waals surface area contributed by atoms with Crippen LogP contribution in [0.1, 0.15) is 66.4 Å². The first-order valence-electron chi connectivity index (χ1n) is 8.14. The first-order chi connectivity index (χ1) is 9.79. The average molecular weight is 293 g/mol. The second-order valence-corrected chi connectivity index (χ2v) is 6.66. The summed E-state index contributed by atoms with van der Waals surface area (Å²) in [7, 11) is 0. The molecule has 0 saturated heterocycles. The largest absolute Gasteiger partial charge is 0.474 e. The van der Waals surface area contributed by atoms with E-state index in [0.717, 1.165) is 18.4 Å². The van der Waals surface area contributed by atoms with Gasteiger partial charge in [0.15, 0.2) is 0 Å². The van der Waals surface area contributed by atoms with E-state index in [1.807, 2.05) is 12.1 Å². The average Bonchev–Trinajstić information content (AvgIpc) is 2.44. The fourth-order valence-corrected chi connectivity index (χ4v) is 2.46. The van der Waals surface area contributed by atoms with Crippen LogP contribution >= 0.6 is 0 Å². The van der Waals surface area contributed by atoms with Gasteiger partial charge in [0.2, 0.25) is 5.88 Å². The maximum absolute atomic E-state index is 10.2. The van der Waals surface area contributed by atoms with E-state index in [2.05, 4.69) is 32.7 Å². The van der Waals surface area contributed by atoms with E-state index in [0.29, 0.717) is 17.7 Å².